The van der Waals surface area contributed by atoms with Crippen molar-refractivity contribution in [3.8, 4) is 0 Å². The Hall–Kier alpha value is -0.0800. The smallest absolute Gasteiger partial charge is 0.0128 e. The van der Waals surface area contributed by atoms with Gasteiger partial charge in [0.05, 0.1) is 0 Å². The molecule has 1 aliphatic carbocycles. The number of hydrogen-bond acceptors (Lipinski definition) is 2. The monoisotopic (exact) mass is 184 g/mol. The van der Waals surface area contributed by atoms with Gasteiger partial charge in [-0.05, 0) is 45.2 Å². The van der Waals surface area contributed by atoms with Gasteiger partial charge in [-0.25, -0.2) is 0 Å². The summed E-state index contributed by atoms with van der Waals surface area (Å²) in [4.78, 5) is 2.39. The Morgan fingerprint density at radius 1 is 1.38 bits per heavy atom. The summed E-state index contributed by atoms with van der Waals surface area (Å²) < 4.78 is 0. The zero-order chi connectivity index (χ0) is 10.2. The third kappa shape index (κ3) is 2.23. The van der Waals surface area contributed by atoms with Gasteiger partial charge in [0.15, 0.2) is 0 Å². The van der Waals surface area contributed by atoms with Crippen molar-refractivity contribution < 1.29 is 0 Å². The van der Waals surface area contributed by atoms with Crippen LogP contribution in [0.1, 0.15) is 34.1 Å². The molecule has 0 unspecified atom stereocenters. The molecule has 2 nitrogen and oxygen atoms in total. The topological polar surface area (TPSA) is 29.3 Å². The fourth-order valence-corrected chi connectivity index (χ4v) is 1.94. The molecule has 0 bridgehead atoms. The van der Waals surface area contributed by atoms with Crippen molar-refractivity contribution in [3.05, 3.63) is 0 Å². The molecular weight excluding hydrogens is 160 g/mol. The first-order valence-electron chi connectivity index (χ1n) is 5.33. The number of nitrogens with zero attached hydrogens (tertiary/aromatic N) is 1. The second kappa shape index (κ2) is 3.58. The highest BCUT2D eigenvalue weighted by Crippen LogP contribution is 2.52. The Morgan fingerprint density at radius 3 is 2.15 bits per heavy atom. The molecule has 0 aromatic heterocycles. The Kier molecular flexibility index (Phi) is 3.03. The largest absolute Gasteiger partial charge is 0.327 e. The van der Waals surface area contributed by atoms with Crippen molar-refractivity contribution in [3.63, 3.8) is 0 Å². The lowest BCUT2D eigenvalue weighted by atomic mass is 10.1. The molecule has 0 saturated heterocycles. The summed E-state index contributed by atoms with van der Waals surface area (Å²) in [5, 5.41) is 0. The Balaban J connectivity index is 2.22. The molecule has 1 aliphatic rings. The molecule has 1 rings (SSSR count). The first-order valence-corrected chi connectivity index (χ1v) is 5.33. The van der Waals surface area contributed by atoms with E-state index in [4.69, 9.17) is 5.73 Å². The Morgan fingerprint density at radius 2 is 1.85 bits per heavy atom. The van der Waals surface area contributed by atoms with E-state index in [2.05, 4.69) is 39.6 Å². The summed E-state index contributed by atoms with van der Waals surface area (Å²) in [6, 6.07) is 1.09. The minimum atomic E-state index is 0.401. The SMILES string of the molecule is CC(C)N(C)CC[C@H]1[C@H](N)C1(C)C. The number of rotatable bonds is 4. The maximum Gasteiger partial charge on any atom is 0.0128 e. The molecule has 0 spiro atoms. The molecule has 1 fully saturated rings. The van der Waals surface area contributed by atoms with Gasteiger partial charge in [-0.2, -0.15) is 0 Å². The fraction of sp³-hybridized carbons (Fsp3) is 1.00. The second-order valence-corrected chi connectivity index (χ2v) is 5.32. The van der Waals surface area contributed by atoms with Crippen LogP contribution in [0.3, 0.4) is 0 Å². The number of nitrogens with two attached hydrogens (primary N) is 1. The van der Waals surface area contributed by atoms with Crippen LogP contribution >= 0.6 is 0 Å². The lowest BCUT2D eigenvalue weighted by Crippen LogP contribution is -2.27. The Bertz CT molecular complexity index is 175. The standard InChI is InChI=1S/C11H24N2/c1-8(2)13(5)7-6-9-10(12)11(9,3)4/h8-10H,6-7,12H2,1-5H3/t9-,10-/m0/s1. The van der Waals surface area contributed by atoms with E-state index in [1.165, 1.54) is 13.0 Å². The zero-order valence-electron chi connectivity index (χ0n) is 9.67. The number of hydrogen-bond donors (Lipinski definition) is 1. The van der Waals surface area contributed by atoms with Crippen molar-refractivity contribution in [2.45, 2.75) is 46.2 Å². The molecule has 78 valence electrons. The summed E-state index contributed by atoms with van der Waals surface area (Å²) in [5.74, 6) is 0.744. The maximum atomic E-state index is 5.99. The normalized spacial score (nSPS) is 31.4. The van der Waals surface area contributed by atoms with E-state index in [1.807, 2.05) is 0 Å². The van der Waals surface area contributed by atoms with Gasteiger partial charge in [-0.1, -0.05) is 13.8 Å². The van der Waals surface area contributed by atoms with Gasteiger partial charge in [0.25, 0.3) is 0 Å². The molecule has 13 heavy (non-hydrogen) atoms. The fourth-order valence-electron chi connectivity index (χ4n) is 1.94. The molecular formula is C11H24N2. The third-order valence-corrected chi connectivity index (χ3v) is 3.81. The first-order chi connectivity index (χ1) is 5.87. The highest BCUT2D eigenvalue weighted by molar-refractivity contribution is 5.08. The average Bonchev–Trinajstić information content (AvgIpc) is 2.48. The molecule has 1 saturated carbocycles. The highest BCUT2D eigenvalue weighted by atomic mass is 15.1. The van der Waals surface area contributed by atoms with Crippen molar-refractivity contribution in [1.29, 1.82) is 0 Å². The molecule has 0 aliphatic heterocycles. The van der Waals surface area contributed by atoms with E-state index in [0.717, 1.165) is 5.92 Å². The molecule has 0 radical (unpaired) electrons. The lowest BCUT2D eigenvalue weighted by molar-refractivity contribution is 0.260. The molecule has 0 heterocycles. The van der Waals surface area contributed by atoms with E-state index in [1.54, 1.807) is 0 Å². The van der Waals surface area contributed by atoms with Gasteiger partial charge in [0.1, 0.15) is 0 Å². The van der Waals surface area contributed by atoms with Crippen LogP contribution < -0.4 is 5.73 Å². The molecule has 2 atom stereocenters. The third-order valence-electron chi connectivity index (χ3n) is 3.81. The second-order valence-electron chi connectivity index (χ2n) is 5.32. The van der Waals surface area contributed by atoms with Gasteiger partial charge in [0, 0.05) is 12.1 Å². The average molecular weight is 184 g/mol. The van der Waals surface area contributed by atoms with Crippen LogP contribution in [-0.4, -0.2) is 30.6 Å². The van der Waals surface area contributed by atoms with E-state index in [-0.39, 0.29) is 0 Å². The summed E-state index contributed by atoms with van der Waals surface area (Å²) in [6.07, 6.45) is 1.25. The molecule has 0 aromatic carbocycles. The van der Waals surface area contributed by atoms with Gasteiger partial charge >= 0.3 is 0 Å². The van der Waals surface area contributed by atoms with Crippen LogP contribution in [-0.2, 0) is 0 Å². The van der Waals surface area contributed by atoms with Gasteiger partial charge < -0.3 is 10.6 Å². The first kappa shape index (κ1) is 11.0. The predicted octanol–water partition coefficient (Wildman–Crippen LogP) is 1.70. The zero-order valence-corrected chi connectivity index (χ0v) is 9.67. The van der Waals surface area contributed by atoms with Crippen molar-refractivity contribution in [2.24, 2.45) is 17.1 Å². The van der Waals surface area contributed by atoms with Crippen molar-refractivity contribution in [1.82, 2.24) is 4.90 Å². The summed E-state index contributed by atoms with van der Waals surface area (Å²) >= 11 is 0. The van der Waals surface area contributed by atoms with E-state index in [9.17, 15) is 0 Å². The van der Waals surface area contributed by atoms with Crippen molar-refractivity contribution >= 4 is 0 Å². The molecule has 0 amide bonds. The van der Waals surface area contributed by atoms with Crippen LogP contribution in [0.2, 0.25) is 0 Å². The van der Waals surface area contributed by atoms with Crippen LogP contribution in [0.15, 0.2) is 0 Å². The van der Waals surface area contributed by atoms with Crippen LogP contribution in [0.25, 0.3) is 0 Å². The van der Waals surface area contributed by atoms with E-state index in [0.29, 0.717) is 17.5 Å². The minimum absolute atomic E-state index is 0.401. The van der Waals surface area contributed by atoms with Gasteiger partial charge in [0.2, 0.25) is 0 Å². The lowest BCUT2D eigenvalue weighted by Gasteiger charge is -2.20. The molecule has 0 aromatic rings. The summed E-state index contributed by atoms with van der Waals surface area (Å²) in [6.45, 7) is 10.2. The van der Waals surface area contributed by atoms with E-state index < -0.39 is 0 Å². The quantitative estimate of drug-likeness (QED) is 0.720. The van der Waals surface area contributed by atoms with Crippen molar-refractivity contribution in [2.75, 3.05) is 13.6 Å². The Labute approximate surface area is 82.5 Å². The summed E-state index contributed by atoms with van der Waals surface area (Å²) in [5.41, 5.74) is 6.39. The van der Waals surface area contributed by atoms with Crippen LogP contribution in [0, 0.1) is 11.3 Å². The minimum Gasteiger partial charge on any atom is -0.327 e. The summed E-state index contributed by atoms with van der Waals surface area (Å²) in [7, 11) is 2.19. The predicted molar refractivity (Wildman–Crippen MR) is 57.6 cm³/mol. The van der Waals surface area contributed by atoms with Gasteiger partial charge in [-0.3, -0.25) is 0 Å². The van der Waals surface area contributed by atoms with Crippen LogP contribution in [0.4, 0.5) is 0 Å². The van der Waals surface area contributed by atoms with Gasteiger partial charge in [-0.15, -0.1) is 0 Å². The van der Waals surface area contributed by atoms with E-state index >= 15 is 0 Å². The highest BCUT2D eigenvalue weighted by Gasteiger charge is 2.54. The molecule has 2 heteroatoms. The molecule has 2 N–H and O–H groups in total. The van der Waals surface area contributed by atoms with Crippen LogP contribution in [0.5, 0.6) is 0 Å². The maximum absolute atomic E-state index is 5.99.